The summed E-state index contributed by atoms with van der Waals surface area (Å²) in [5.74, 6) is -1.16. The van der Waals surface area contributed by atoms with E-state index in [1.807, 2.05) is 20.8 Å². The third-order valence-corrected chi connectivity index (χ3v) is 11.0. The number of alkyl halides is 1. The fourth-order valence-corrected chi connectivity index (χ4v) is 9.11. The van der Waals surface area contributed by atoms with Crippen LogP contribution in [0.1, 0.15) is 62.6 Å². The molecule has 4 aliphatic rings. The molecule has 0 aliphatic heterocycles. The smallest absolute Gasteiger partial charge is 0.273 e. The molecule has 6 rings (SSSR count). The summed E-state index contributed by atoms with van der Waals surface area (Å²) >= 11 is 1.24. The Labute approximate surface area is 219 Å². The summed E-state index contributed by atoms with van der Waals surface area (Å²) in [6, 6.07) is 3.41. The Morgan fingerprint density at radius 3 is 2.81 bits per heavy atom. The second-order valence-electron chi connectivity index (χ2n) is 11.9. The predicted octanol–water partition coefficient (Wildman–Crippen LogP) is 4.32. The first-order valence-corrected chi connectivity index (χ1v) is 13.9. The molecule has 0 radical (unpaired) electrons. The second-order valence-corrected chi connectivity index (χ2v) is 12.7. The van der Waals surface area contributed by atoms with Crippen LogP contribution in [0.4, 0.5) is 9.52 Å². The van der Waals surface area contributed by atoms with Crippen LogP contribution in [0, 0.1) is 28.6 Å². The van der Waals surface area contributed by atoms with Gasteiger partial charge in [0.1, 0.15) is 11.3 Å². The number of amides is 1. The van der Waals surface area contributed by atoms with Gasteiger partial charge in [-0.1, -0.05) is 37.6 Å². The number of halogens is 1. The zero-order valence-corrected chi connectivity index (χ0v) is 22.1. The van der Waals surface area contributed by atoms with Crippen molar-refractivity contribution in [1.82, 2.24) is 9.97 Å². The number of hydrogen-bond donors (Lipinski definition) is 5. The largest absolute Gasteiger partial charge is 0.390 e. The van der Waals surface area contributed by atoms with Crippen LogP contribution in [0.2, 0.25) is 0 Å². The minimum absolute atomic E-state index is 0.0897. The highest BCUT2D eigenvalue weighted by Gasteiger charge is 2.74. The SMILES string of the molecule is C[C@@H]1C[C@H]2[C@@H]3CCC4=CC(O)C=C[C@]4(C)[C@@]3(F)[C@@H](O)C[C@]2(C)[C@@]1(O)c1csc(NC(=O)c2ccc[nH]2)n1. The van der Waals surface area contributed by atoms with Crippen LogP contribution in [0.15, 0.2) is 47.5 Å². The minimum Gasteiger partial charge on any atom is -0.390 e. The monoisotopic (exact) mass is 527 g/mol. The van der Waals surface area contributed by atoms with Gasteiger partial charge in [0, 0.05) is 28.3 Å². The summed E-state index contributed by atoms with van der Waals surface area (Å²) in [7, 11) is 0. The van der Waals surface area contributed by atoms with Crippen molar-refractivity contribution in [3.63, 3.8) is 0 Å². The van der Waals surface area contributed by atoms with Crippen LogP contribution in [-0.2, 0) is 5.60 Å². The summed E-state index contributed by atoms with van der Waals surface area (Å²) < 4.78 is 17.4. The van der Waals surface area contributed by atoms with Crippen molar-refractivity contribution >= 4 is 22.4 Å². The van der Waals surface area contributed by atoms with Crippen molar-refractivity contribution in [3.05, 3.63) is 58.9 Å². The summed E-state index contributed by atoms with van der Waals surface area (Å²) in [6.07, 6.45) is 6.61. The van der Waals surface area contributed by atoms with Crippen molar-refractivity contribution in [1.29, 1.82) is 0 Å². The molecule has 2 heterocycles. The highest BCUT2D eigenvalue weighted by atomic mass is 32.1. The van der Waals surface area contributed by atoms with E-state index in [1.54, 1.807) is 41.9 Å². The molecule has 0 saturated heterocycles. The van der Waals surface area contributed by atoms with Crippen LogP contribution in [0.25, 0.3) is 0 Å². The van der Waals surface area contributed by atoms with Crippen molar-refractivity contribution in [2.45, 2.75) is 69.9 Å². The molecule has 3 fully saturated rings. The molecule has 2 aromatic heterocycles. The number of fused-ring (bicyclic) bond motifs is 5. The lowest BCUT2D eigenvalue weighted by Crippen LogP contribution is -2.68. The predicted molar refractivity (Wildman–Crippen MR) is 139 cm³/mol. The summed E-state index contributed by atoms with van der Waals surface area (Å²) in [5, 5.41) is 39.0. The van der Waals surface area contributed by atoms with Gasteiger partial charge in [-0.15, -0.1) is 11.3 Å². The number of aromatic amines is 1. The maximum Gasteiger partial charge on any atom is 0.273 e. The van der Waals surface area contributed by atoms with Gasteiger partial charge in [0.2, 0.25) is 0 Å². The summed E-state index contributed by atoms with van der Waals surface area (Å²) in [6.45, 7) is 5.77. The average molecular weight is 528 g/mol. The van der Waals surface area contributed by atoms with E-state index in [1.165, 1.54) is 11.3 Å². The van der Waals surface area contributed by atoms with Crippen LogP contribution in [-0.4, -0.2) is 49.1 Å². The number of aromatic nitrogens is 2. The standard InChI is InChI=1S/C28H34FN3O4S/c1-15-11-19-18-7-6-16-12-17(33)8-9-25(16,2)27(18,29)22(34)13-26(19,3)28(15,36)21-14-37-24(31-21)32-23(35)20-5-4-10-30-20/h4-5,8-10,12,14-15,17-19,22,30,33-34,36H,6-7,11,13H2,1-3H3,(H,31,32,35)/t15-,17?,18+,19+,22+,25+,26+,27+,28+/m1/s1. The van der Waals surface area contributed by atoms with Gasteiger partial charge in [-0.3, -0.25) is 10.1 Å². The molecule has 5 N–H and O–H groups in total. The topological polar surface area (TPSA) is 118 Å². The molecule has 2 aromatic rings. The van der Waals surface area contributed by atoms with Gasteiger partial charge < -0.3 is 20.3 Å². The highest BCUT2D eigenvalue weighted by molar-refractivity contribution is 7.14. The lowest BCUT2D eigenvalue weighted by Gasteiger charge is -2.62. The Balaban J connectivity index is 1.35. The zero-order valence-electron chi connectivity index (χ0n) is 21.2. The van der Waals surface area contributed by atoms with E-state index in [0.717, 1.165) is 5.57 Å². The third kappa shape index (κ3) is 3.14. The first-order valence-electron chi connectivity index (χ1n) is 13.0. The van der Waals surface area contributed by atoms with E-state index >= 15 is 4.39 Å². The van der Waals surface area contributed by atoms with Crippen LogP contribution in [0.5, 0.6) is 0 Å². The van der Waals surface area contributed by atoms with E-state index in [4.69, 9.17) is 0 Å². The van der Waals surface area contributed by atoms with Gasteiger partial charge in [-0.25, -0.2) is 9.37 Å². The number of anilines is 1. The molecule has 37 heavy (non-hydrogen) atoms. The Bertz CT molecular complexity index is 1290. The van der Waals surface area contributed by atoms with Crippen molar-refractivity contribution in [3.8, 4) is 0 Å². The number of carbonyl (C=O) groups excluding carboxylic acids is 1. The lowest BCUT2D eigenvalue weighted by molar-refractivity contribution is -0.223. The van der Waals surface area contributed by atoms with E-state index in [-0.39, 0.29) is 24.2 Å². The van der Waals surface area contributed by atoms with Gasteiger partial charge in [0.15, 0.2) is 10.8 Å². The third-order valence-electron chi connectivity index (χ3n) is 10.3. The molecule has 0 spiro atoms. The molecule has 0 bridgehead atoms. The number of nitrogens with one attached hydrogen (secondary N) is 2. The Morgan fingerprint density at radius 2 is 2.08 bits per heavy atom. The summed E-state index contributed by atoms with van der Waals surface area (Å²) in [4.78, 5) is 20.0. The molecular weight excluding hydrogens is 493 g/mol. The van der Waals surface area contributed by atoms with Crippen molar-refractivity contribution in [2.24, 2.45) is 28.6 Å². The van der Waals surface area contributed by atoms with Crippen LogP contribution in [0.3, 0.4) is 0 Å². The fraction of sp³-hybridized carbons (Fsp3) is 0.571. The normalized spacial score (nSPS) is 44.5. The highest BCUT2D eigenvalue weighted by Crippen LogP contribution is 2.72. The maximum absolute atomic E-state index is 17.4. The number of nitrogens with zero attached hydrogens (tertiary/aromatic N) is 1. The van der Waals surface area contributed by atoms with Crippen LogP contribution >= 0.6 is 11.3 Å². The maximum atomic E-state index is 17.4. The molecule has 0 aromatic carbocycles. The number of H-pyrrole nitrogens is 1. The second kappa shape index (κ2) is 8.09. The molecule has 4 aliphatic carbocycles. The Hall–Kier alpha value is -2.33. The fourth-order valence-electron chi connectivity index (χ4n) is 8.35. The number of aliphatic hydroxyl groups is 3. The molecule has 1 amide bonds. The number of thiazole rings is 1. The van der Waals surface area contributed by atoms with E-state index in [9.17, 15) is 20.1 Å². The number of hydrogen-bond acceptors (Lipinski definition) is 6. The Morgan fingerprint density at radius 1 is 1.30 bits per heavy atom. The number of carbonyl (C=O) groups is 1. The molecule has 9 atom stereocenters. The number of aliphatic hydroxyl groups excluding tert-OH is 2. The Kier molecular flexibility index (Phi) is 5.46. The molecule has 7 nitrogen and oxygen atoms in total. The van der Waals surface area contributed by atoms with Crippen LogP contribution < -0.4 is 5.32 Å². The first-order chi connectivity index (χ1) is 17.4. The van der Waals surface area contributed by atoms with E-state index < -0.39 is 40.2 Å². The molecule has 1 unspecified atom stereocenters. The van der Waals surface area contributed by atoms with Gasteiger partial charge in [-0.2, -0.15) is 0 Å². The van der Waals surface area contributed by atoms with E-state index in [0.29, 0.717) is 35.8 Å². The van der Waals surface area contributed by atoms with Crippen molar-refractivity contribution in [2.75, 3.05) is 5.32 Å². The average Bonchev–Trinajstić information content (AvgIpc) is 3.58. The molecule has 3 saturated carbocycles. The van der Waals surface area contributed by atoms with E-state index in [2.05, 4.69) is 15.3 Å². The molecule has 9 heteroatoms. The summed E-state index contributed by atoms with van der Waals surface area (Å²) in [5.41, 5.74) is -3.39. The van der Waals surface area contributed by atoms with Crippen molar-refractivity contribution < 1.29 is 24.5 Å². The van der Waals surface area contributed by atoms with Gasteiger partial charge >= 0.3 is 0 Å². The van der Waals surface area contributed by atoms with Gasteiger partial charge in [-0.05, 0) is 56.6 Å². The zero-order chi connectivity index (χ0) is 26.4. The lowest BCUT2D eigenvalue weighted by atomic mass is 9.44. The molecular formula is C28H34FN3O4S. The van der Waals surface area contributed by atoms with Gasteiger partial charge in [0.05, 0.1) is 17.9 Å². The minimum atomic E-state index is -1.90. The first kappa shape index (κ1) is 25.0. The molecule has 198 valence electrons. The number of rotatable bonds is 3. The number of allylic oxidation sites excluding steroid dienone is 2. The van der Waals surface area contributed by atoms with Gasteiger partial charge in [0.25, 0.3) is 5.91 Å². The quantitative estimate of drug-likeness (QED) is 0.381.